The Morgan fingerprint density at radius 3 is 2.26 bits per heavy atom. The average molecular weight is 526 g/mol. The molecule has 0 saturated heterocycles. The molecule has 9 nitrogen and oxygen atoms in total. The van der Waals surface area contributed by atoms with E-state index in [1.807, 2.05) is 0 Å². The molecular weight excluding hydrogens is 496 g/mol. The van der Waals surface area contributed by atoms with Gasteiger partial charge in [-0.2, -0.15) is 0 Å². The third kappa shape index (κ3) is 6.56. The van der Waals surface area contributed by atoms with Crippen LogP contribution in [0.5, 0.6) is 0 Å². The zero-order valence-corrected chi connectivity index (χ0v) is 20.2. The number of esters is 1. The van der Waals surface area contributed by atoms with E-state index >= 15 is 0 Å². The van der Waals surface area contributed by atoms with Crippen LogP contribution in [0, 0.1) is 11.6 Å². The van der Waals surface area contributed by atoms with Crippen molar-refractivity contribution < 1.29 is 27.8 Å². The van der Waals surface area contributed by atoms with Crippen LogP contribution in [0.25, 0.3) is 11.4 Å². The molecule has 38 heavy (non-hydrogen) atoms. The summed E-state index contributed by atoms with van der Waals surface area (Å²) in [7, 11) is 2.80. The Kier molecular flexibility index (Phi) is 10.2. The maximum atomic E-state index is 14.3. The second-order valence-electron chi connectivity index (χ2n) is 7.62. The molecule has 1 amide bonds. The highest BCUT2D eigenvalue weighted by Gasteiger charge is 2.28. The monoisotopic (exact) mass is 525 g/mol. The van der Waals surface area contributed by atoms with Crippen molar-refractivity contribution in [3.63, 3.8) is 0 Å². The molecule has 0 spiro atoms. The number of carbonyl (C=O) groups is 2. The maximum Gasteiger partial charge on any atom is 0.327 e. The molecule has 4 N–H and O–H groups in total. The van der Waals surface area contributed by atoms with Gasteiger partial charge in [-0.3, -0.25) is 9.59 Å². The van der Waals surface area contributed by atoms with Crippen molar-refractivity contribution in [3.05, 3.63) is 95.9 Å². The lowest BCUT2D eigenvalue weighted by atomic mass is 10.1. The number of anilines is 2. The highest BCUT2D eigenvalue weighted by molar-refractivity contribution is 6.03. The molecule has 0 saturated carbocycles. The molecule has 4 rings (SSSR count). The van der Waals surface area contributed by atoms with Crippen LogP contribution in [0.2, 0.25) is 0 Å². The van der Waals surface area contributed by atoms with Crippen molar-refractivity contribution >= 4 is 23.4 Å². The van der Waals surface area contributed by atoms with Gasteiger partial charge in [-0.25, -0.2) is 18.7 Å². The highest BCUT2D eigenvalue weighted by Crippen LogP contribution is 2.30. The number of aromatic nitrogens is 2. The van der Waals surface area contributed by atoms with Crippen LogP contribution in [0.15, 0.2) is 67.5 Å². The molecule has 2 aromatic carbocycles. The second kappa shape index (κ2) is 13.1. The van der Waals surface area contributed by atoms with Crippen LogP contribution >= 0.6 is 0 Å². The van der Waals surface area contributed by atoms with Crippen LogP contribution < -0.4 is 16.4 Å². The quantitative estimate of drug-likeness (QED) is 0.233. The fraction of sp³-hybridized carbons (Fsp3) is 0.185. The molecule has 0 radical (unpaired) electrons. The molecule has 1 aromatic heterocycles. The molecule has 1 unspecified atom stereocenters. The molecule has 2 heterocycles. The largest absolute Gasteiger partial charge is 0.497 e. The Morgan fingerprint density at radius 2 is 1.74 bits per heavy atom. The van der Waals surface area contributed by atoms with Gasteiger partial charge in [0, 0.05) is 5.69 Å². The Morgan fingerprint density at radius 1 is 1.11 bits per heavy atom. The minimum atomic E-state index is -0.941. The minimum absolute atomic E-state index is 0. The van der Waals surface area contributed by atoms with Gasteiger partial charge < -0.3 is 25.8 Å². The number of nitrogens with zero attached hydrogens (tertiary/aromatic N) is 2. The standard InChI is InChI=1S/C21H17F2N5O3.C5H8O.CH4/c1-31-21(30)17(24)10-5-7-11(8-6-10)26-19-16-14(9-25-20(16)29)27-18(28-19)15-12(22)3-2-4-13(15)23;1-4-5(2)6-3;/h2-8,17H,9,24H2,1H3,(H,25,29)(H,26,27,28);4H,1-2H2,3H3;1H4. The molecular formula is C27H29F2N5O4. The van der Waals surface area contributed by atoms with Crippen molar-refractivity contribution in [2.24, 2.45) is 5.73 Å². The number of fused-ring (bicyclic) bond motifs is 1. The van der Waals surface area contributed by atoms with Crippen molar-refractivity contribution in [1.29, 1.82) is 0 Å². The first-order valence-corrected chi connectivity index (χ1v) is 10.9. The van der Waals surface area contributed by atoms with Gasteiger partial charge in [0.05, 0.1) is 32.0 Å². The zero-order valence-electron chi connectivity index (χ0n) is 20.2. The summed E-state index contributed by atoms with van der Waals surface area (Å²) in [5.74, 6) is -2.09. The predicted molar refractivity (Wildman–Crippen MR) is 140 cm³/mol. The van der Waals surface area contributed by atoms with Gasteiger partial charge in [-0.05, 0) is 35.9 Å². The van der Waals surface area contributed by atoms with Crippen molar-refractivity contribution in [2.45, 2.75) is 20.0 Å². The van der Waals surface area contributed by atoms with E-state index in [0.29, 0.717) is 22.7 Å². The summed E-state index contributed by atoms with van der Waals surface area (Å²) in [5, 5.41) is 5.60. The Hall–Kier alpha value is -4.64. The van der Waals surface area contributed by atoms with Gasteiger partial charge in [-0.1, -0.05) is 38.8 Å². The Balaban J connectivity index is 0.000000652. The van der Waals surface area contributed by atoms with Gasteiger partial charge in [0.25, 0.3) is 5.91 Å². The lowest BCUT2D eigenvalue weighted by Crippen LogP contribution is -2.22. The summed E-state index contributed by atoms with van der Waals surface area (Å²) in [5.41, 5.74) is 6.99. The summed E-state index contributed by atoms with van der Waals surface area (Å²) in [6.07, 6.45) is 1.56. The number of amides is 1. The van der Waals surface area contributed by atoms with Gasteiger partial charge >= 0.3 is 5.97 Å². The summed E-state index contributed by atoms with van der Waals surface area (Å²) in [6, 6.07) is 9.00. The SMILES string of the molecule is C.C=CC(=C)OC.COC(=O)C(N)c1ccc(Nc2nc(-c3c(F)cccc3F)nc3c2C(=O)NC3)cc1. The van der Waals surface area contributed by atoms with E-state index in [-0.39, 0.29) is 36.7 Å². The first-order chi connectivity index (χ1) is 17.7. The third-order valence-electron chi connectivity index (χ3n) is 5.29. The minimum Gasteiger partial charge on any atom is -0.497 e. The molecule has 0 aliphatic carbocycles. The van der Waals surface area contributed by atoms with Crippen LogP contribution in [0.3, 0.4) is 0 Å². The maximum absolute atomic E-state index is 14.3. The summed E-state index contributed by atoms with van der Waals surface area (Å²) in [4.78, 5) is 32.3. The molecule has 11 heteroatoms. The molecule has 200 valence electrons. The summed E-state index contributed by atoms with van der Waals surface area (Å²) < 4.78 is 37.7. The zero-order chi connectivity index (χ0) is 27.1. The lowest BCUT2D eigenvalue weighted by molar-refractivity contribution is -0.142. The Bertz CT molecular complexity index is 1330. The van der Waals surface area contributed by atoms with Gasteiger partial charge in [0.1, 0.15) is 34.8 Å². The number of nitrogens with one attached hydrogen (secondary N) is 2. The van der Waals surface area contributed by atoms with E-state index in [2.05, 4.69) is 43.2 Å². The first kappa shape index (κ1) is 29.6. The number of nitrogens with two attached hydrogens (primary N) is 1. The van der Waals surface area contributed by atoms with Gasteiger partial charge in [0.2, 0.25) is 0 Å². The smallest absolute Gasteiger partial charge is 0.327 e. The average Bonchev–Trinajstić information content (AvgIpc) is 3.28. The number of halogens is 2. The van der Waals surface area contributed by atoms with Crippen molar-refractivity contribution in [3.8, 4) is 11.4 Å². The third-order valence-corrected chi connectivity index (χ3v) is 5.29. The lowest BCUT2D eigenvalue weighted by Gasteiger charge is -2.13. The number of benzene rings is 2. The van der Waals surface area contributed by atoms with Crippen LogP contribution in [0.1, 0.15) is 35.1 Å². The van der Waals surface area contributed by atoms with E-state index in [1.165, 1.54) is 13.2 Å². The fourth-order valence-electron chi connectivity index (χ4n) is 3.30. The fourth-order valence-corrected chi connectivity index (χ4v) is 3.30. The van der Waals surface area contributed by atoms with E-state index in [0.717, 1.165) is 12.1 Å². The molecule has 0 fully saturated rings. The van der Waals surface area contributed by atoms with Crippen LogP contribution in [0.4, 0.5) is 20.3 Å². The number of hydrogen-bond acceptors (Lipinski definition) is 8. The number of allylic oxidation sites excluding steroid dienone is 1. The van der Waals surface area contributed by atoms with E-state index < -0.39 is 29.6 Å². The number of methoxy groups -OCH3 is 2. The topological polar surface area (TPSA) is 128 Å². The highest BCUT2D eigenvalue weighted by atomic mass is 19.1. The number of hydrogen-bond donors (Lipinski definition) is 3. The van der Waals surface area contributed by atoms with Gasteiger partial charge in [-0.15, -0.1) is 0 Å². The molecule has 1 atom stereocenters. The normalized spacial score (nSPS) is 12.0. The van der Waals surface area contributed by atoms with Crippen LogP contribution in [-0.2, 0) is 20.8 Å². The van der Waals surface area contributed by atoms with Crippen molar-refractivity contribution in [2.75, 3.05) is 19.5 Å². The van der Waals surface area contributed by atoms with Crippen LogP contribution in [-0.4, -0.2) is 36.1 Å². The van der Waals surface area contributed by atoms with Crippen molar-refractivity contribution in [1.82, 2.24) is 15.3 Å². The Labute approximate surface area is 219 Å². The van der Waals surface area contributed by atoms with E-state index in [4.69, 9.17) is 5.73 Å². The van der Waals surface area contributed by atoms with Gasteiger partial charge in [0.15, 0.2) is 5.82 Å². The van der Waals surface area contributed by atoms with E-state index in [1.54, 1.807) is 37.5 Å². The van der Waals surface area contributed by atoms with E-state index in [9.17, 15) is 18.4 Å². The first-order valence-electron chi connectivity index (χ1n) is 10.9. The number of ether oxygens (including phenoxy) is 2. The number of carbonyl (C=O) groups excluding carboxylic acids is 2. The second-order valence-corrected chi connectivity index (χ2v) is 7.62. The summed E-state index contributed by atoms with van der Waals surface area (Å²) >= 11 is 0. The molecule has 0 bridgehead atoms. The molecule has 1 aliphatic rings. The molecule has 1 aliphatic heterocycles. The predicted octanol–water partition coefficient (Wildman–Crippen LogP) is 4.55. The number of rotatable bonds is 7. The summed E-state index contributed by atoms with van der Waals surface area (Å²) in [6.45, 7) is 6.97. The molecule has 3 aromatic rings.